The first-order chi connectivity index (χ1) is 6.79. The predicted octanol–water partition coefficient (Wildman–Crippen LogP) is 1.66. The lowest BCUT2D eigenvalue weighted by atomic mass is 10.1. The Morgan fingerprint density at radius 1 is 1.21 bits per heavy atom. The Bertz CT molecular complexity index is 275. The highest BCUT2D eigenvalue weighted by Gasteiger charge is 1.98. The van der Waals surface area contributed by atoms with E-state index in [0.717, 1.165) is 31.5 Å². The Morgan fingerprint density at radius 3 is 2.57 bits per heavy atom. The number of hydrogen-bond acceptors (Lipinski definition) is 3. The van der Waals surface area contributed by atoms with Gasteiger partial charge < -0.3 is 5.11 Å². The molecule has 0 amide bonds. The Hall–Kier alpha value is -1.45. The van der Waals surface area contributed by atoms with Crippen molar-refractivity contribution in [3.63, 3.8) is 0 Å². The van der Waals surface area contributed by atoms with Crippen LogP contribution in [0.15, 0.2) is 18.5 Å². The van der Waals surface area contributed by atoms with Crippen LogP contribution in [-0.4, -0.2) is 21.0 Å². The van der Waals surface area contributed by atoms with Crippen LogP contribution < -0.4 is 0 Å². The molecule has 4 nitrogen and oxygen atoms in total. The second kappa shape index (κ2) is 6.07. The number of aromatic nitrogens is 2. The molecular weight excluding hydrogens is 180 g/mol. The first kappa shape index (κ1) is 10.6. The molecule has 1 N–H and O–H groups in total. The second-order valence-electron chi connectivity index (χ2n) is 3.12. The molecule has 1 heterocycles. The lowest BCUT2D eigenvalue weighted by molar-refractivity contribution is -0.137. The third kappa shape index (κ3) is 4.54. The molecule has 0 radical (unpaired) electrons. The van der Waals surface area contributed by atoms with E-state index < -0.39 is 5.97 Å². The van der Waals surface area contributed by atoms with E-state index in [0.29, 0.717) is 0 Å². The molecule has 0 aliphatic heterocycles. The maximum absolute atomic E-state index is 10.2. The predicted molar refractivity (Wildman–Crippen MR) is 51.8 cm³/mol. The van der Waals surface area contributed by atoms with Gasteiger partial charge in [-0.2, -0.15) is 0 Å². The van der Waals surface area contributed by atoms with Crippen LogP contribution in [0.2, 0.25) is 0 Å². The van der Waals surface area contributed by atoms with E-state index in [1.54, 1.807) is 18.5 Å². The SMILES string of the molecule is O=C(O)CCCCCc1ncccn1. The fourth-order valence-corrected chi connectivity index (χ4v) is 1.20. The van der Waals surface area contributed by atoms with Gasteiger partial charge >= 0.3 is 5.97 Å². The van der Waals surface area contributed by atoms with Crippen LogP contribution in [-0.2, 0) is 11.2 Å². The summed E-state index contributed by atoms with van der Waals surface area (Å²) in [5, 5.41) is 8.41. The summed E-state index contributed by atoms with van der Waals surface area (Å²) in [7, 11) is 0. The van der Waals surface area contributed by atoms with Crippen LogP contribution in [0.4, 0.5) is 0 Å². The monoisotopic (exact) mass is 194 g/mol. The highest BCUT2D eigenvalue weighted by molar-refractivity contribution is 5.66. The molecule has 1 rings (SSSR count). The van der Waals surface area contributed by atoms with Crippen molar-refractivity contribution in [3.8, 4) is 0 Å². The Balaban J connectivity index is 2.08. The molecule has 14 heavy (non-hydrogen) atoms. The van der Waals surface area contributed by atoms with Crippen LogP contribution >= 0.6 is 0 Å². The van der Waals surface area contributed by atoms with Gasteiger partial charge in [0.05, 0.1) is 0 Å². The fourth-order valence-electron chi connectivity index (χ4n) is 1.20. The Morgan fingerprint density at radius 2 is 1.93 bits per heavy atom. The van der Waals surface area contributed by atoms with Gasteiger partial charge in [0.25, 0.3) is 0 Å². The van der Waals surface area contributed by atoms with Gasteiger partial charge in [0.15, 0.2) is 0 Å². The molecule has 0 aliphatic carbocycles. The summed E-state index contributed by atoms with van der Waals surface area (Å²) >= 11 is 0. The van der Waals surface area contributed by atoms with Crippen LogP contribution in [0.1, 0.15) is 31.5 Å². The number of rotatable bonds is 6. The Labute approximate surface area is 83.0 Å². The highest BCUT2D eigenvalue weighted by atomic mass is 16.4. The number of carbonyl (C=O) groups is 1. The van der Waals surface area contributed by atoms with Gasteiger partial charge in [-0.15, -0.1) is 0 Å². The van der Waals surface area contributed by atoms with E-state index in [-0.39, 0.29) is 6.42 Å². The molecule has 1 aromatic rings. The van der Waals surface area contributed by atoms with Gasteiger partial charge in [-0.05, 0) is 18.9 Å². The van der Waals surface area contributed by atoms with Gasteiger partial charge in [-0.1, -0.05) is 6.42 Å². The number of carboxylic acid groups (broad SMARTS) is 1. The van der Waals surface area contributed by atoms with Crippen molar-refractivity contribution in [2.75, 3.05) is 0 Å². The van der Waals surface area contributed by atoms with Crippen LogP contribution in [0.3, 0.4) is 0 Å². The average molecular weight is 194 g/mol. The summed E-state index contributed by atoms with van der Waals surface area (Å²) in [6, 6.07) is 1.79. The maximum Gasteiger partial charge on any atom is 0.303 e. The van der Waals surface area contributed by atoms with Crippen molar-refractivity contribution < 1.29 is 9.90 Å². The number of carboxylic acids is 1. The van der Waals surface area contributed by atoms with Crippen LogP contribution in [0, 0.1) is 0 Å². The van der Waals surface area contributed by atoms with Crippen molar-refractivity contribution in [1.82, 2.24) is 9.97 Å². The molecule has 0 atom stereocenters. The van der Waals surface area contributed by atoms with E-state index in [2.05, 4.69) is 9.97 Å². The number of unbranched alkanes of at least 4 members (excludes halogenated alkanes) is 2. The normalized spacial score (nSPS) is 10.0. The van der Waals surface area contributed by atoms with Crippen LogP contribution in [0.25, 0.3) is 0 Å². The van der Waals surface area contributed by atoms with Crippen molar-refractivity contribution in [2.24, 2.45) is 0 Å². The molecular formula is C10H14N2O2. The summed E-state index contributed by atoms with van der Waals surface area (Å²) in [6.07, 6.45) is 7.15. The lowest BCUT2D eigenvalue weighted by Gasteiger charge is -1.98. The Kier molecular flexibility index (Phi) is 4.61. The summed E-state index contributed by atoms with van der Waals surface area (Å²) in [4.78, 5) is 18.4. The van der Waals surface area contributed by atoms with Crippen molar-refractivity contribution >= 4 is 5.97 Å². The zero-order valence-corrected chi connectivity index (χ0v) is 8.02. The zero-order valence-electron chi connectivity index (χ0n) is 8.02. The third-order valence-electron chi connectivity index (χ3n) is 1.91. The second-order valence-corrected chi connectivity index (χ2v) is 3.12. The number of aryl methyl sites for hydroxylation is 1. The van der Waals surface area contributed by atoms with Crippen molar-refractivity contribution in [1.29, 1.82) is 0 Å². The van der Waals surface area contributed by atoms with Crippen LogP contribution in [0.5, 0.6) is 0 Å². The minimum Gasteiger partial charge on any atom is -0.481 e. The minimum absolute atomic E-state index is 0.260. The zero-order chi connectivity index (χ0) is 10.2. The quantitative estimate of drug-likeness (QED) is 0.699. The summed E-state index contributed by atoms with van der Waals surface area (Å²) in [5.74, 6) is 0.115. The van der Waals surface area contributed by atoms with Gasteiger partial charge in [-0.3, -0.25) is 4.79 Å². The lowest BCUT2D eigenvalue weighted by Crippen LogP contribution is -1.96. The molecule has 0 unspecified atom stereocenters. The van der Waals surface area contributed by atoms with Gasteiger partial charge in [0, 0.05) is 25.2 Å². The maximum atomic E-state index is 10.2. The van der Waals surface area contributed by atoms with Gasteiger partial charge in [0.1, 0.15) is 5.82 Å². The first-order valence-electron chi connectivity index (χ1n) is 4.77. The molecule has 0 fully saturated rings. The summed E-state index contributed by atoms with van der Waals surface area (Å²) in [6.45, 7) is 0. The molecule has 76 valence electrons. The number of hydrogen-bond donors (Lipinski definition) is 1. The third-order valence-corrected chi connectivity index (χ3v) is 1.91. The van der Waals surface area contributed by atoms with Gasteiger partial charge in [-0.25, -0.2) is 9.97 Å². The topological polar surface area (TPSA) is 63.1 Å². The first-order valence-corrected chi connectivity index (χ1v) is 4.77. The van der Waals surface area contributed by atoms with E-state index in [4.69, 9.17) is 5.11 Å². The van der Waals surface area contributed by atoms with Crippen molar-refractivity contribution in [2.45, 2.75) is 32.1 Å². The van der Waals surface area contributed by atoms with E-state index in [1.807, 2.05) is 0 Å². The number of nitrogens with zero attached hydrogens (tertiary/aromatic N) is 2. The number of aliphatic carboxylic acids is 1. The summed E-state index contributed by atoms with van der Waals surface area (Å²) < 4.78 is 0. The summed E-state index contributed by atoms with van der Waals surface area (Å²) in [5.41, 5.74) is 0. The minimum atomic E-state index is -0.721. The molecule has 0 saturated heterocycles. The van der Waals surface area contributed by atoms with E-state index in [1.165, 1.54) is 0 Å². The largest absolute Gasteiger partial charge is 0.481 e. The fraction of sp³-hybridized carbons (Fsp3) is 0.500. The molecule has 1 aromatic heterocycles. The molecule has 0 spiro atoms. The van der Waals surface area contributed by atoms with E-state index in [9.17, 15) is 4.79 Å². The standard InChI is InChI=1S/C10H14N2O2/c13-10(14)6-3-1-2-5-9-11-7-4-8-12-9/h4,7-8H,1-3,5-6H2,(H,13,14). The molecule has 0 saturated carbocycles. The molecule has 0 bridgehead atoms. The van der Waals surface area contributed by atoms with Gasteiger partial charge in [0.2, 0.25) is 0 Å². The molecule has 0 aromatic carbocycles. The smallest absolute Gasteiger partial charge is 0.303 e. The molecule has 4 heteroatoms. The average Bonchev–Trinajstić information content (AvgIpc) is 2.18. The van der Waals surface area contributed by atoms with Crippen molar-refractivity contribution in [3.05, 3.63) is 24.3 Å². The van der Waals surface area contributed by atoms with E-state index >= 15 is 0 Å². The highest BCUT2D eigenvalue weighted by Crippen LogP contribution is 2.03. The molecule has 0 aliphatic rings.